The average molecular weight is 406 g/mol. The minimum Gasteiger partial charge on any atom is -0.302 e. The molecule has 0 saturated heterocycles. The minimum atomic E-state index is -0.444. The number of nitro groups is 1. The Bertz CT molecular complexity index is 1020. The number of aromatic nitrogens is 3. The Hall–Kier alpha value is -2.59. The molecule has 0 radical (unpaired) electrons. The van der Waals surface area contributed by atoms with Crippen molar-refractivity contribution in [2.24, 2.45) is 0 Å². The molecule has 142 valence electrons. The molecule has 0 fully saturated rings. The SMILES string of the molecule is Cc1ccc(-c2nc(NC(=O)CCn3nc(C)c([N+](=O)[O-])c3C)sc2C)s1. The van der Waals surface area contributed by atoms with E-state index in [4.69, 9.17) is 0 Å². The van der Waals surface area contributed by atoms with Gasteiger partial charge in [-0.25, -0.2) is 4.98 Å². The summed E-state index contributed by atoms with van der Waals surface area (Å²) in [6.45, 7) is 7.52. The van der Waals surface area contributed by atoms with Crippen molar-refractivity contribution >= 4 is 39.4 Å². The number of nitrogens with one attached hydrogen (secondary N) is 1. The van der Waals surface area contributed by atoms with Gasteiger partial charge in [-0.05, 0) is 39.8 Å². The molecule has 3 rings (SSSR count). The van der Waals surface area contributed by atoms with E-state index in [0.717, 1.165) is 15.4 Å². The first-order chi connectivity index (χ1) is 12.8. The van der Waals surface area contributed by atoms with Gasteiger partial charge in [0.05, 0.1) is 22.0 Å². The number of thiazole rings is 1. The van der Waals surface area contributed by atoms with Crippen LogP contribution in [0.5, 0.6) is 0 Å². The third-order valence-corrected chi connectivity index (χ3v) is 5.99. The van der Waals surface area contributed by atoms with E-state index < -0.39 is 4.92 Å². The van der Waals surface area contributed by atoms with Gasteiger partial charge in [-0.3, -0.25) is 19.6 Å². The standard InChI is InChI=1S/C17H19N5O3S2/c1-9-5-6-13(26-9)15-12(4)27-17(19-15)18-14(23)7-8-21-11(3)16(22(24)25)10(2)20-21/h5-6H,7-8H2,1-4H3,(H,18,19,23). The fourth-order valence-electron chi connectivity index (χ4n) is 2.80. The predicted octanol–water partition coefficient (Wildman–Crippen LogP) is 4.24. The Labute approximate surface area is 164 Å². The van der Waals surface area contributed by atoms with Crippen LogP contribution in [0.4, 0.5) is 10.8 Å². The van der Waals surface area contributed by atoms with Crippen LogP contribution in [0.2, 0.25) is 0 Å². The van der Waals surface area contributed by atoms with Crippen molar-refractivity contribution in [3.63, 3.8) is 0 Å². The number of anilines is 1. The smallest absolute Gasteiger partial charge is 0.302 e. The summed E-state index contributed by atoms with van der Waals surface area (Å²) in [6, 6.07) is 4.08. The fourth-order valence-corrected chi connectivity index (χ4v) is 4.62. The van der Waals surface area contributed by atoms with Crippen molar-refractivity contribution in [1.82, 2.24) is 14.8 Å². The lowest BCUT2D eigenvalue weighted by Gasteiger charge is -2.04. The lowest BCUT2D eigenvalue weighted by atomic mass is 10.3. The van der Waals surface area contributed by atoms with Crippen molar-refractivity contribution in [1.29, 1.82) is 0 Å². The van der Waals surface area contributed by atoms with E-state index in [1.807, 2.05) is 26.0 Å². The predicted molar refractivity (Wildman–Crippen MR) is 107 cm³/mol. The first kappa shape index (κ1) is 19.2. The van der Waals surface area contributed by atoms with E-state index in [9.17, 15) is 14.9 Å². The molecule has 27 heavy (non-hydrogen) atoms. The van der Waals surface area contributed by atoms with Gasteiger partial charge in [-0.1, -0.05) is 0 Å². The van der Waals surface area contributed by atoms with Crippen LogP contribution in [-0.2, 0) is 11.3 Å². The summed E-state index contributed by atoms with van der Waals surface area (Å²) >= 11 is 3.10. The van der Waals surface area contributed by atoms with Crippen molar-refractivity contribution in [3.05, 3.63) is 43.4 Å². The van der Waals surface area contributed by atoms with Crippen LogP contribution in [0.15, 0.2) is 12.1 Å². The van der Waals surface area contributed by atoms with Crippen molar-refractivity contribution in [2.75, 3.05) is 5.32 Å². The number of aryl methyl sites for hydroxylation is 4. The summed E-state index contributed by atoms with van der Waals surface area (Å²) in [7, 11) is 0. The van der Waals surface area contributed by atoms with E-state index in [1.54, 1.807) is 25.2 Å². The van der Waals surface area contributed by atoms with E-state index in [0.29, 0.717) is 16.5 Å². The first-order valence-corrected chi connectivity index (χ1v) is 9.92. The molecule has 0 saturated carbocycles. The van der Waals surface area contributed by atoms with Crippen molar-refractivity contribution in [2.45, 2.75) is 40.7 Å². The van der Waals surface area contributed by atoms with Gasteiger partial charge in [0.15, 0.2) is 5.13 Å². The molecule has 0 aliphatic heterocycles. The summed E-state index contributed by atoms with van der Waals surface area (Å²) in [4.78, 5) is 30.7. The molecular formula is C17H19N5O3S2. The topological polar surface area (TPSA) is 103 Å². The molecule has 3 heterocycles. The van der Waals surface area contributed by atoms with Crippen LogP contribution in [0.1, 0.15) is 27.6 Å². The van der Waals surface area contributed by atoms with Gasteiger partial charge >= 0.3 is 5.69 Å². The zero-order chi connectivity index (χ0) is 19.7. The Kier molecular flexibility index (Phi) is 5.38. The number of carbonyl (C=O) groups excluding carboxylic acids is 1. The van der Waals surface area contributed by atoms with Gasteiger partial charge in [0.1, 0.15) is 11.4 Å². The lowest BCUT2D eigenvalue weighted by Crippen LogP contribution is -2.15. The second kappa shape index (κ2) is 7.57. The molecule has 3 aromatic rings. The molecule has 0 bridgehead atoms. The van der Waals surface area contributed by atoms with Gasteiger partial charge in [0.25, 0.3) is 0 Å². The summed E-state index contributed by atoms with van der Waals surface area (Å²) in [5.74, 6) is -0.201. The number of nitrogens with zero attached hydrogens (tertiary/aromatic N) is 4. The fraction of sp³-hybridized carbons (Fsp3) is 0.353. The van der Waals surface area contributed by atoms with Crippen LogP contribution >= 0.6 is 22.7 Å². The molecule has 0 unspecified atom stereocenters. The highest BCUT2D eigenvalue weighted by Crippen LogP contribution is 2.34. The van der Waals surface area contributed by atoms with E-state index in [2.05, 4.69) is 15.4 Å². The molecule has 0 aliphatic rings. The first-order valence-electron chi connectivity index (χ1n) is 8.28. The number of hydrogen-bond acceptors (Lipinski definition) is 7. The molecule has 10 heteroatoms. The summed E-state index contributed by atoms with van der Waals surface area (Å²) in [5, 5.41) is 18.6. The van der Waals surface area contributed by atoms with Crippen molar-refractivity contribution in [3.8, 4) is 10.6 Å². The number of amides is 1. The van der Waals surface area contributed by atoms with Crippen LogP contribution in [0.25, 0.3) is 10.6 Å². The quantitative estimate of drug-likeness (QED) is 0.488. The molecule has 1 N–H and O–H groups in total. The molecule has 0 aromatic carbocycles. The zero-order valence-corrected chi connectivity index (χ0v) is 17.0. The number of carbonyl (C=O) groups is 1. The number of hydrogen-bond donors (Lipinski definition) is 1. The van der Waals surface area contributed by atoms with Gasteiger partial charge < -0.3 is 5.32 Å². The molecule has 0 spiro atoms. The second-order valence-electron chi connectivity index (χ2n) is 6.13. The van der Waals surface area contributed by atoms with E-state index in [1.165, 1.54) is 20.9 Å². The normalized spacial score (nSPS) is 11.0. The molecule has 3 aromatic heterocycles. The highest BCUT2D eigenvalue weighted by atomic mass is 32.1. The third-order valence-electron chi connectivity index (χ3n) is 4.09. The average Bonchev–Trinajstić information content (AvgIpc) is 3.23. The zero-order valence-electron chi connectivity index (χ0n) is 15.4. The second-order valence-corrected chi connectivity index (χ2v) is 8.62. The monoisotopic (exact) mass is 405 g/mol. The van der Waals surface area contributed by atoms with Crippen LogP contribution in [0.3, 0.4) is 0 Å². The maximum atomic E-state index is 12.3. The largest absolute Gasteiger partial charge is 0.312 e. The van der Waals surface area contributed by atoms with Gasteiger partial charge in [-0.15, -0.1) is 22.7 Å². The van der Waals surface area contributed by atoms with Crippen molar-refractivity contribution < 1.29 is 9.72 Å². The van der Waals surface area contributed by atoms with Crippen LogP contribution in [0, 0.1) is 37.8 Å². The lowest BCUT2D eigenvalue weighted by molar-refractivity contribution is -0.386. The summed E-state index contributed by atoms with van der Waals surface area (Å²) < 4.78 is 1.50. The van der Waals surface area contributed by atoms with Gasteiger partial charge in [0, 0.05) is 16.2 Å². The van der Waals surface area contributed by atoms with E-state index in [-0.39, 0.29) is 24.6 Å². The third kappa shape index (κ3) is 4.06. The molecule has 0 aliphatic carbocycles. The minimum absolute atomic E-state index is 0.00170. The number of thiophene rings is 1. The van der Waals surface area contributed by atoms with Crippen LogP contribution < -0.4 is 5.32 Å². The Morgan fingerprint density at radius 2 is 2.00 bits per heavy atom. The summed E-state index contributed by atoms with van der Waals surface area (Å²) in [6.07, 6.45) is 0.158. The van der Waals surface area contributed by atoms with Gasteiger partial charge in [-0.2, -0.15) is 5.10 Å². The highest BCUT2D eigenvalue weighted by Gasteiger charge is 2.22. The number of rotatable bonds is 6. The maximum absolute atomic E-state index is 12.3. The molecule has 8 nitrogen and oxygen atoms in total. The van der Waals surface area contributed by atoms with Gasteiger partial charge in [0.2, 0.25) is 5.91 Å². The Morgan fingerprint density at radius 3 is 2.59 bits per heavy atom. The highest BCUT2D eigenvalue weighted by molar-refractivity contribution is 7.18. The summed E-state index contributed by atoms with van der Waals surface area (Å²) in [5.41, 5.74) is 1.69. The molecule has 0 atom stereocenters. The Balaban J connectivity index is 1.65. The van der Waals surface area contributed by atoms with Crippen LogP contribution in [-0.4, -0.2) is 25.6 Å². The van der Waals surface area contributed by atoms with E-state index >= 15 is 0 Å². The Morgan fingerprint density at radius 1 is 1.26 bits per heavy atom. The molecule has 1 amide bonds. The maximum Gasteiger partial charge on any atom is 0.312 e. The molecular weight excluding hydrogens is 386 g/mol.